The van der Waals surface area contributed by atoms with E-state index in [9.17, 15) is 8.42 Å². The molecule has 0 aromatic heterocycles. The maximum atomic E-state index is 12.3. The lowest BCUT2D eigenvalue weighted by molar-refractivity contribution is 0.282. The number of hydrogen-bond acceptors (Lipinski definition) is 3. The molecule has 1 aromatic rings. The van der Waals surface area contributed by atoms with Crippen LogP contribution in [0, 0.1) is 5.92 Å². The normalized spacial score (nSPS) is 23.6. The van der Waals surface area contributed by atoms with Crippen molar-refractivity contribution >= 4 is 15.7 Å². The minimum Gasteiger partial charge on any atom is -0.398 e. The predicted octanol–water partition coefficient (Wildman–Crippen LogP) is 2.66. The standard InChI is InChI=1S/C15H24N2O2S/c1-2-12-7-4-6-10-15(12)17-20(18,19)11-13-8-3-5-9-14(13)16/h3,5,8-9,12,15,17H,2,4,6-7,10-11,16H2,1H3. The molecule has 4 nitrogen and oxygen atoms in total. The molecule has 3 N–H and O–H groups in total. The van der Waals surface area contributed by atoms with Gasteiger partial charge in [0, 0.05) is 11.7 Å². The fourth-order valence-electron chi connectivity index (χ4n) is 2.99. The van der Waals surface area contributed by atoms with Crippen LogP contribution in [0.25, 0.3) is 0 Å². The first-order valence-electron chi connectivity index (χ1n) is 7.35. The molecular weight excluding hydrogens is 272 g/mol. The Bertz CT molecular complexity index is 543. The van der Waals surface area contributed by atoms with Crippen molar-refractivity contribution < 1.29 is 8.42 Å². The quantitative estimate of drug-likeness (QED) is 0.821. The SMILES string of the molecule is CCC1CCCCC1NS(=O)(=O)Cc1ccccc1N. The van der Waals surface area contributed by atoms with E-state index in [2.05, 4.69) is 11.6 Å². The number of rotatable bonds is 5. The van der Waals surface area contributed by atoms with Gasteiger partial charge in [-0.3, -0.25) is 0 Å². The molecule has 5 heteroatoms. The zero-order valence-corrected chi connectivity index (χ0v) is 12.8. The summed E-state index contributed by atoms with van der Waals surface area (Å²) in [6, 6.07) is 7.22. The second-order valence-electron chi connectivity index (χ2n) is 5.64. The Morgan fingerprint density at radius 2 is 1.95 bits per heavy atom. The van der Waals surface area contributed by atoms with Gasteiger partial charge < -0.3 is 5.73 Å². The molecule has 1 aliphatic carbocycles. The van der Waals surface area contributed by atoms with Gasteiger partial charge in [-0.25, -0.2) is 13.1 Å². The van der Waals surface area contributed by atoms with E-state index < -0.39 is 10.0 Å². The zero-order chi connectivity index (χ0) is 14.6. The Kier molecular flexibility index (Phi) is 5.05. The fourth-order valence-corrected chi connectivity index (χ4v) is 4.52. The van der Waals surface area contributed by atoms with E-state index in [1.807, 2.05) is 12.1 Å². The summed E-state index contributed by atoms with van der Waals surface area (Å²) in [7, 11) is -3.33. The summed E-state index contributed by atoms with van der Waals surface area (Å²) < 4.78 is 27.5. The van der Waals surface area contributed by atoms with Gasteiger partial charge in [0.15, 0.2) is 0 Å². The number of hydrogen-bond donors (Lipinski definition) is 2. The van der Waals surface area contributed by atoms with Crippen LogP contribution in [-0.2, 0) is 15.8 Å². The molecule has 0 heterocycles. The Balaban J connectivity index is 2.05. The summed E-state index contributed by atoms with van der Waals surface area (Å²) in [6.45, 7) is 2.13. The molecule has 0 spiro atoms. The van der Waals surface area contributed by atoms with Crippen molar-refractivity contribution in [3.63, 3.8) is 0 Å². The summed E-state index contributed by atoms with van der Waals surface area (Å²) in [5.74, 6) is 0.429. The van der Waals surface area contributed by atoms with Crippen molar-refractivity contribution in [2.24, 2.45) is 5.92 Å². The molecule has 1 aliphatic rings. The van der Waals surface area contributed by atoms with Crippen molar-refractivity contribution in [3.8, 4) is 0 Å². The minimum atomic E-state index is -3.33. The molecule has 2 atom stereocenters. The van der Waals surface area contributed by atoms with Gasteiger partial charge >= 0.3 is 0 Å². The Morgan fingerprint density at radius 1 is 1.25 bits per heavy atom. The van der Waals surface area contributed by atoms with E-state index in [4.69, 9.17) is 5.73 Å². The van der Waals surface area contributed by atoms with Crippen molar-refractivity contribution in [1.29, 1.82) is 0 Å². The number of anilines is 1. The molecule has 1 fully saturated rings. The van der Waals surface area contributed by atoms with Crippen LogP contribution in [0.1, 0.15) is 44.6 Å². The number of benzene rings is 1. The van der Waals surface area contributed by atoms with Gasteiger partial charge in [-0.2, -0.15) is 0 Å². The molecule has 2 unspecified atom stereocenters. The molecular formula is C15H24N2O2S. The van der Waals surface area contributed by atoms with Crippen LogP contribution in [0.15, 0.2) is 24.3 Å². The Morgan fingerprint density at radius 3 is 2.65 bits per heavy atom. The topological polar surface area (TPSA) is 72.2 Å². The highest BCUT2D eigenvalue weighted by Crippen LogP contribution is 2.27. The molecule has 1 aromatic carbocycles. The average molecular weight is 296 g/mol. The van der Waals surface area contributed by atoms with E-state index in [1.54, 1.807) is 12.1 Å². The largest absolute Gasteiger partial charge is 0.398 e. The lowest BCUT2D eigenvalue weighted by Gasteiger charge is -2.31. The molecule has 2 rings (SSSR count). The lowest BCUT2D eigenvalue weighted by atomic mass is 9.83. The van der Waals surface area contributed by atoms with Crippen molar-refractivity contribution in [1.82, 2.24) is 4.72 Å². The number of nitrogens with one attached hydrogen (secondary N) is 1. The Labute approximate surface area is 121 Å². The van der Waals surface area contributed by atoms with E-state index >= 15 is 0 Å². The van der Waals surface area contributed by atoms with Crippen LogP contribution >= 0.6 is 0 Å². The maximum absolute atomic E-state index is 12.3. The summed E-state index contributed by atoms with van der Waals surface area (Å²) >= 11 is 0. The van der Waals surface area contributed by atoms with Gasteiger partial charge in [0.1, 0.15) is 0 Å². The molecule has 1 saturated carbocycles. The van der Waals surface area contributed by atoms with E-state index in [0.29, 0.717) is 17.2 Å². The van der Waals surface area contributed by atoms with Crippen LogP contribution in [0.3, 0.4) is 0 Å². The first kappa shape index (κ1) is 15.3. The highest BCUT2D eigenvalue weighted by atomic mass is 32.2. The van der Waals surface area contributed by atoms with Crippen LogP contribution in [-0.4, -0.2) is 14.5 Å². The number of para-hydroxylation sites is 1. The predicted molar refractivity (Wildman–Crippen MR) is 82.7 cm³/mol. The second kappa shape index (κ2) is 6.59. The molecule has 0 bridgehead atoms. The van der Waals surface area contributed by atoms with Gasteiger partial charge in [-0.05, 0) is 30.4 Å². The smallest absolute Gasteiger partial charge is 0.216 e. The Hall–Kier alpha value is -1.07. The van der Waals surface area contributed by atoms with Gasteiger partial charge in [0.2, 0.25) is 10.0 Å². The van der Waals surface area contributed by atoms with Gasteiger partial charge in [-0.15, -0.1) is 0 Å². The third-order valence-electron chi connectivity index (χ3n) is 4.17. The average Bonchev–Trinajstić information content (AvgIpc) is 2.41. The third kappa shape index (κ3) is 3.96. The highest BCUT2D eigenvalue weighted by Gasteiger charge is 2.27. The molecule has 20 heavy (non-hydrogen) atoms. The zero-order valence-electron chi connectivity index (χ0n) is 12.0. The van der Waals surface area contributed by atoms with Gasteiger partial charge in [-0.1, -0.05) is 44.4 Å². The van der Waals surface area contributed by atoms with Crippen molar-refractivity contribution in [2.75, 3.05) is 5.73 Å². The number of nitrogens with two attached hydrogens (primary N) is 1. The van der Waals surface area contributed by atoms with Gasteiger partial charge in [0.05, 0.1) is 5.75 Å². The van der Waals surface area contributed by atoms with Crippen LogP contribution in [0.4, 0.5) is 5.69 Å². The van der Waals surface area contributed by atoms with Gasteiger partial charge in [0.25, 0.3) is 0 Å². The maximum Gasteiger partial charge on any atom is 0.216 e. The molecule has 0 amide bonds. The van der Waals surface area contributed by atoms with E-state index in [0.717, 1.165) is 25.7 Å². The molecule has 0 radical (unpaired) electrons. The fraction of sp³-hybridized carbons (Fsp3) is 0.600. The summed E-state index contributed by atoms with van der Waals surface area (Å²) in [5.41, 5.74) is 7.03. The molecule has 112 valence electrons. The second-order valence-corrected chi connectivity index (χ2v) is 7.39. The highest BCUT2D eigenvalue weighted by molar-refractivity contribution is 7.88. The summed E-state index contributed by atoms with van der Waals surface area (Å²) in [5, 5.41) is 0. The molecule has 0 saturated heterocycles. The van der Waals surface area contributed by atoms with E-state index in [1.165, 1.54) is 6.42 Å². The molecule has 0 aliphatic heterocycles. The third-order valence-corrected chi connectivity index (χ3v) is 5.52. The minimum absolute atomic E-state index is 0.0351. The number of nitrogen functional groups attached to an aromatic ring is 1. The van der Waals surface area contributed by atoms with Crippen molar-refractivity contribution in [2.45, 2.75) is 50.8 Å². The first-order valence-corrected chi connectivity index (χ1v) is 9.00. The van der Waals surface area contributed by atoms with Crippen LogP contribution < -0.4 is 10.5 Å². The van der Waals surface area contributed by atoms with E-state index in [-0.39, 0.29) is 11.8 Å². The van der Waals surface area contributed by atoms with Crippen LogP contribution in [0.2, 0.25) is 0 Å². The summed E-state index contributed by atoms with van der Waals surface area (Å²) in [4.78, 5) is 0. The first-order chi connectivity index (χ1) is 9.52. The number of sulfonamides is 1. The van der Waals surface area contributed by atoms with Crippen LogP contribution in [0.5, 0.6) is 0 Å². The van der Waals surface area contributed by atoms with Crippen molar-refractivity contribution in [3.05, 3.63) is 29.8 Å². The summed E-state index contributed by atoms with van der Waals surface area (Å²) in [6.07, 6.45) is 5.42. The lowest BCUT2D eigenvalue weighted by Crippen LogP contribution is -2.42. The monoisotopic (exact) mass is 296 g/mol.